The Balaban J connectivity index is 1.47. The number of hydrogen-bond acceptors (Lipinski definition) is 8. The van der Waals surface area contributed by atoms with Crippen LogP contribution in [0.3, 0.4) is 0 Å². The Bertz CT molecular complexity index is 1940. The smallest absolute Gasteiger partial charge is 0.281 e. The molecule has 6 rings (SSSR count). The number of nitrogens with one attached hydrogen (secondary N) is 2. The van der Waals surface area contributed by atoms with Crippen molar-refractivity contribution in [3.8, 4) is 0 Å². The number of rotatable bonds is 3. The molecule has 3 atom stereocenters. The van der Waals surface area contributed by atoms with Crippen LogP contribution in [-0.4, -0.2) is 41.4 Å². The van der Waals surface area contributed by atoms with E-state index in [4.69, 9.17) is 4.98 Å². The minimum Gasteiger partial charge on any atom is -0.362 e. The maximum Gasteiger partial charge on any atom is 0.281 e. The van der Waals surface area contributed by atoms with Gasteiger partial charge in [0.1, 0.15) is 11.6 Å². The van der Waals surface area contributed by atoms with Crippen molar-refractivity contribution < 1.29 is 17.6 Å². The highest BCUT2D eigenvalue weighted by Gasteiger charge is 2.43. The van der Waals surface area contributed by atoms with Crippen LogP contribution in [0.5, 0.6) is 0 Å². The van der Waals surface area contributed by atoms with Crippen LogP contribution >= 0.6 is 0 Å². The number of fused-ring (bicyclic) bond motifs is 6. The van der Waals surface area contributed by atoms with E-state index in [1.54, 1.807) is 12.1 Å². The number of sulfonamides is 1. The molecule has 4 bridgehead atoms. The topological polar surface area (TPSA) is 117 Å². The van der Waals surface area contributed by atoms with E-state index in [9.17, 15) is 13.2 Å². The summed E-state index contributed by atoms with van der Waals surface area (Å²) in [6.45, 7) is 13.3. The summed E-state index contributed by atoms with van der Waals surface area (Å²) in [6.07, 6.45) is 3.44. The largest absolute Gasteiger partial charge is 0.362 e. The van der Waals surface area contributed by atoms with Gasteiger partial charge in [-0.15, -0.1) is 0 Å². The number of carbonyl (C=O) groups excluding carboxylic acids is 1. The van der Waals surface area contributed by atoms with Crippen LogP contribution in [0.15, 0.2) is 78.0 Å². The number of nitrogens with zero attached hydrogens (tertiary/aromatic N) is 4. The van der Waals surface area contributed by atoms with Crippen molar-refractivity contribution in [2.24, 2.45) is 11.8 Å². The molecule has 4 aromatic rings. The van der Waals surface area contributed by atoms with Crippen molar-refractivity contribution in [3.05, 3.63) is 107 Å². The maximum absolute atomic E-state index is 15.8. The highest BCUT2D eigenvalue weighted by molar-refractivity contribution is 7.90. The first-order chi connectivity index (χ1) is 22.6. The van der Waals surface area contributed by atoms with Crippen LogP contribution in [0.25, 0.3) is 0 Å². The molecule has 0 saturated carbocycles. The highest BCUT2D eigenvalue weighted by atomic mass is 32.2. The second kappa shape index (κ2) is 12.6. The van der Waals surface area contributed by atoms with Crippen molar-refractivity contribution in [3.63, 3.8) is 0 Å². The molecule has 1 saturated heterocycles. The van der Waals surface area contributed by atoms with Gasteiger partial charge in [0, 0.05) is 30.3 Å². The molecule has 3 aromatic heterocycles. The van der Waals surface area contributed by atoms with E-state index in [-0.39, 0.29) is 51.7 Å². The number of amides is 1. The zero-order valence-electron chi connectivity index (χ0n) is 28.3. The predicted octanol–water partition coefficient (Wildman–Crippen LogP) is 6.82. The van der Waals surface area contributed by atoms with Gasteiger partial charge in [-0.3, -0.25) is 9.78 Å². The Labute approximate surface area is 282 Å². The molecule has 0 spiro atoms. The first-order valence-electron chi connectivity index (χ1n) is 16.4. The third-order valence-electron chi connectivity index (χ3n) is 9.64. The summed E-state index contributed by atoms with van der Waals surface area (Å²) < 4.78 is 45.4. The SMILES string of the molecule is C[C@H]1CC(c2cc(C(C)(C)C)ccn2)Nc2cccc(n2)S(=O)(=O)NC(=O)c2cc(Cc3ccccc3)c(F)nc2N2C[C@@H]1CC2(C)C. The maximum atomic E-state index is 15.8. The lowest BCUT2D eigenvalue weighted by molar-refractivity contribution is 0.0981. The normalized spacial score (nSPS) is 22.1. The summed E-state index contributed by atoms with van der Waals surface area (Å²) in [5, 5.41) is 3.15. The number of carbonyl (C=O) groups is 1. The van der Waals surface area contributed by atoms with Crippen molar-refractivity contribution in [2.75, 3.05) is 16.8 Å². The summed E-state index contributed by atoms with van der Waals surface area (Å²) in [5.74, 6) is -0.793. The molecule has 1 unspecified atom stereocenters. The molecule has 2 aliphatic heterocycles. The lowest BCUT2D eigenvalue weighted by Crippen LogP contribution is -2.41. The molecule has 0 radical (unpaired) electrons. The van der Waals surface area contributed by atoms with Gasteiger partial charge in [-0.1, -0.05) is 64.1 Å². The molecule has 2 N–H and O–H groups in total. The molecule has 2 aliphatic rings. The Kier molecular flexibility index (Phi) is 8.78. The van der Waals surface area contributed by atoms with E-state index in [0.29, 0.717) is 18.8 Å². The van der Waals surface area contributed by atoms with Gasteiger partial charge in [0.05, 0.1) is 17.3 Å². The van der Waals surface area contributed by atoms with E-state index in [0.717, 1.165) is 23.2 Å². The average molecular weight is 671 g/mol. The lowest BCUT2D eigenvalue weighted by Gasteiger charge is -2.34. The van der Waals surface area contributed by atoms with E-state index >= 15 is 4.39 Å². The highest BCUT2D eigenvalue weighted by Crippen LogP contribution is 2.43. The molecule has 252 valence electrons. The number of aromatic nitrogens is 3. The van der Waals surface area contributed by atoms with Crippen LogP contribution in [0.4, 0.5) is 16.0 Å². The van der Waals surface area contributed by atoms with Gasteiger partial charge in [-0.05, 0) is 85.4 Å². The second-order valence-electron chi connectivity index (χ2n) is 14.8. The van der Waals surface area contributed by atoms with E-state index in [1.165, 1.54) is 12.1 Å². The van der Waals surface area contributed by atoms with E-state index in [2.05, 4.69) is 67.6 Å². The molecule has 1 fully saturated rings. The van der Waals surface area contributed by atoms with Gasteiger partial charge in [-0.2, -0.15) is 12.8 Å². The van der Waals surface area contributed by atoms with Crippen LogP contribution in [-0.2, 0) is 21.9 Å². The molecule has 5 heterocycles. The van der Waals surface area contributed by atoms with Gasteiger partial charge >= 0.3 is 0 Å². The minimum atomic E-state index is -4.42. The van der Waals surface area contributed by atoms with Crippen molar-refractivity contribution in [2.45, 2.75) is 82.8 Å². The van der Waals surface area contributed by atoms with E-state index < -0.39 is 27.4 Å². The molecule has 9 nitrogen and oxygen atoms in total. The number of benzene rings is 1. The summed E-state index contributed by atoms with van der Waals surface area (Å²) in [7, 11) is -4.42. The second-order valence-corrected chi connectivity index (χ2v) is 16.4. The monoisotopic (exact) mass is 670 g/mol. The molecule has 48 heavy (non-hydrogen) atoms. The molecular weight excluding hydrogens is 628 g/mol. The number of hydrogen-bond donors (Lipinski definition) is 2. The Morgan fingerprint density at radius 2 is 1.77 bits per heavy atom. The third kappa shape index (κ3) is 6.92. The predicted molar refractivity (Wildman–Crippen MR) is 185 cm³/mol. The van der Waals surface area contributed by atoms with Gasteiger partial charge in [-0.25, -0.2) is 14.7 Å². The Morgan fingerprint density at radius 1 is 1.02 bits per heavy atom. The fourth-order valence-electron chi connectivity index (χ4n) is 6.86. The average Bonchev–Trinajstić information content (AvgIpc) is 3.36. The molecule has 1 amide bonds. The van der Waals surface area contributed by atoms with Crippen molar-refractivity contribution in [1.82, 2.24) is 19.7 Å². The van der Waals surface area contributed by atoms with Crippen LogP contribution in [0.2, 0.25) is 0 Å². The number of halogens is 1. The molecule has 1 aromatic carbocycles. The first kappa shape index (κ1) is 33.5. The van der Waals surface area contributed by atoms with Crippen LogP contribution in [0.1, 0.15) is 93.2 Å². The minimum absolute atomic E-state index is 0.00231. The van der Waals surface area contributed by atoms with Crippen LogP contribution in [0, 0.1) is 17.8 Å². The summed E-state index contributed by atoms with van der Waals surface area (Å²) in [6, 6.07) is 19.2. The lowest BCUT2D eigenvalue weighted by atomic mass is 9.82. The van der Waals surface area contributed by atoms with Gasteiger partial charge in [0.15, 0.2) is 5.03 Å². The first-order valence-corrected chi connectivity index (χ1v) is 17.9. The quantitative estimate of drug-likeness (QED) is 0.228. The van der Waals surface area contributed by atoms with Gasteiger partial charge in [0.25, 0.3) is 15.9 Å². The zero-order valence-corrected chi connectivity index (χ0v) is 29.1. The number of anilines is 2. The van der Waals surface area contributed by atoms with Crippen LogP contribution < -0.4 is 14.9 Å². The Morgan fingerprint density at radius 3 is 2.50 bits per heavy atom. The van der Waals surface area contributed by atoms with Crippen molar-refractivity contribution in [1.29, 1.82) is 0 Å². The molecular formula is C37H43FN6O3S. The third-order valence-corrected chi connectivity index (χ3v) is 10.9. The van der Waals surface area contributed by atoms with Gasteiger partial charge < -0.3 is 10.2 Å². The van der Waals surface area contributed by atoms with E-state index in [1.807, 2.05) is 47.5 Å². The number of pyridine rings is 3. The fraction of sp³-hybridized carbons (Fsp3) is 0.405. The fourth-order valence-corrected chi connectivity index (χ4v) is 7.80. The summed E-state index contributed by atoms with van der Waals surface area (Å²) in [5.41, 5.74) is 2.40. The molecule has 11 heteroatoms. The zero-order chi connectivity index (χ0) is 34.4. The molecule has 0 aliphatic carbocycles. The Hall–Kier alpha value is -4.38. The standard InChI is InChI=1S/C37H43FN6O3S/c1-23-17-30(29-20-27(15-16-39-29)36(2,3)4)40-31-13-10-14-32(41-31)48(46,47)43-35(45)28-19-25(18-24-11-8-7-9-12-24)33(38)42-34(28)44-22-26(23)21-37(44,5)6/h7-16,19-20,23,26,30H,17-18,21-22H2,1-6H3,(H,40,41)(H,43,45)/t23-,26-,30?/m0/s1. The summed E-state index contributed by atoms with van der Waals surface area (Å²) in [4.78, 5) is 29.5. The van der Waals surface area contributed by atoms with Gasteiger partial charge in [0.2, 0.25) is 5.95 Å². The summed E-state index contributed by atoms with van der Waals surface area (Å²) >= 11 is 0. The van der Waals surface area contributed by atoms with Crippen molar-refractivity contribution >= 4 is 27.6 Å².